The summed E-state index contributed by atoms with van der Waals surface area (Å²) in [5.41, 5.74) is 12.3. The van der Waals surface area contributed by atoms with Gasteiger partial charge in [0, 0.05) is 44.9 Å². The molecule has 0 saturated heterocycles. The van der Waals surface area contributed by atoms with Crippen molar-refractivity contribution in [2.45, 2.75) is 43.6 Å². The molecular formula is C17H25N5O3S. The zero-order chi connectivity index (χ0) is 19.3. The van der Waals surface area contributed by atoms with Gasteiger partial charge in [0.1, 0.15) is 11.9 Å². The molecule has 1 fully saturated rings. The fraction of sp³-hybridized carbons (Fsp3) is 0.529. The summed E-state index contributed by atoms with van der Waals surface area (Å²) < 4.78 is 31.5. The van der Waals surface area contributed by atoms with Gasteiger partial charge in [-0.2, -0.15) is 0 Å². The molecule has 142 valence electrons. The molecule has 0 amide bonds. The van der Waals surface area contributed by atoms with Crippen LogP contribution in [0.25, 0.3) is 10.8 Å². The molecule has 4 N–H and O–H groups in total. The van der Waals surface area contributed by atoms with Gasteiger partial charge in [0.2, 0.25) is 15.9 Å². The van der Waals surface area contributed by atoms with E-state index in [0.29, 0.717) is 29.9 Å². The lowest BCUT2D eigenvalue weighted by molar-refractivity contribution is 0.117. The summed E-state index contributed by atoms with van der Waals surface area (Å²) in [7, 11) is -0.165. The number of aromatic nitrogens is 2. The van der Waals surface area contributed by atoms with Crippen LogP contribution >= 0.6 is 0 Å². The second-order valence-electron chi connectivity index (χ2n) is 7.51. The van der Waals surface area contributed by atoms with Gasteiger partial charge >= 0.3 is 0 Å². The average Bonchev–Trinajstić information content (AvgIpc) is 2.48. The van der Waals surface area contributed by atoms with Crippen LogP contribution in [-0.4, -0.2) is 48.1 Å². The monoisotopic (exact) mass is 379 g/mol. The number of rotatable bonds is 5. The van der Waals surface area contributed by atoms with Crippen LogP contribution in [0.1, 0.15) is 32.3 Å². The van der Waals surface area contributed by atoms with E-state index in [0.717, 1.165) is 10.9 Å². The molecular weight excluding hydrogens is 354 g/mol. The summed E-state index contributed by atoms with van der Waals surface area (Å²) in [6.07, 6.45) is 3.99. The first-order chi connectivity index (χ1) is 12.0. The lowest BCUT2D eigenvalue weighted by Crippen LogP contribution is -2.47. The van der Waals surface area contributed by atoms with Crippen molar-refractivity contribution in [2.24, 2.45) is 5.73 Å². The van der Waals surface area contributed by atoms with Gasteiger partial charge in [0.15, 0.2) is 0 Å². The highest BCUT2D eigenvalue weighted by Gasteiger charge is 2.41. The number of sulfonamides is 1. The average molecular weight is 379 g/mol. The number of pyridine rings is 2. The maximum atomic E-state index is 12.1. The van der Waals surface area contributed by atoms with Gasteiger partial charge in [-0.1, -0.05) is 0 Å². The van der Waals surface area contributed by atoms with Crippen molar-refractivity contribution < 1.29 is 13.2 Å². The maximum Gasteiger partial charge on any atom is 0.223 e. The minimum absolute atomic E-state index is 0.195. The van der Waals surface area contributed by atoms with Crippen LogP contribution in [0.4, 0.5) is 5.82 Å². The predicted molar refractivity (Wildman–Crippen MR) is 101 cm³/mol. The Morgan fingerprint density at radius 3 is 2.42 bits per heavy atom. The number of anilines is 1. The Morgan fingerprint density at radius 1 is 1.19 bits per heavy atom. The molecule has 0 spiro atoms. The van der Waals surface area contributed by atoms with E-state index in [2.05, 4.69) is 9.97 Å². The SMILES string of the molecule is CN(C)S(=O)(=O)[C@H]1C[C@@H](Oc2ncc(C(C)(C)N)c3cc(N)ncc23)C1. The Labute approximate surface area is 153 Å². The van der Waals surface area contributed by atoms with Crippen molar-refractivity contribution in [3.8, 4) is 5.88 Å². The van der Waals surface area contributed by atoms with Crippen molar-refractivity contribution in [1.82, 2.24) is 14.3 Å². The summed E-state index contributed by atoms with van der Waals surface area (Å²) in [6, 6.07) is 1.76. The molecule has 0 unspecified atom stereocenters. The van der Waals surface area contributed by atoms with Gasteiger partial charge in [-0.3, -0.25) is 0 Å². The molecule has 1 aliphatic carbocycles. The fourth-order valence-corrected chi connectivity index (χ4v) is 4.56. The number of nitrogens with two attached hydrogens (primary N) is 2. The van der Waals surface area contributed by atoms with Gasteiger partial charge < -0.3 is 16.2 Å². The molecule has 9 heteroatoms. The van der Waals surface area contributed by atoms with E-state index in [4.69, 9.17) is 16.2 Å². The summed E-state index contributed by atoms with van der Waals surface area (Å²) in [5, 5.41) is 1.14. The highest BCUT2D eigenvalue weighted by Crippen LogP contribution is 2.36. The first-order valence-electron chi connectivity index (χ1n) is 8.41. The summed E-state index contributed by atoms with van der Waals surface area (Å²) in [6.45, 7) is 3.78. The van der Waals surface area contributed by atoms with Gasteiger partial charge in [0.05, 0.1) is 10.6 Å². The molecule has 2 aromatic heterocycles. The first kappa shape index (κ1) is 18.8. The molecule has 0 atom stereocenters. The molecule has 8 nitrogen and oxygen atoms in total. The quantitative estimate of drug-likeness (QED) is 0.800. The molecule has 1 aliphatic rings. The van der Waals surface area contributed by atoms with Crippen molar-refractivity contribution in [2.75, 3.05) is 19.8 Å². The number of fused-ring (bicyclic) bond motifs is 1. The molecule has 0 bridgehead atoms. The van der Waals surface area contributed by atoms with Gasteiger partial charge in [-0.15, -0.1) is 0 Å². The normalized spacial score (nSPS) is 21.0. The van der Waals surface area contributed by atoms with Crippen LogP contribution in [0, 0.1) is 0 Å². The lowest BCUT2D eigenvalue weighted by atomic mass is 9.92. The lowest BCUT2D eigenvalue weighted by Gasteiger charge is -2.36. The van der Waals surface area contributed by atoms with Crippen molar-refractivity contribution in [1.29, 1.82) is 0 Å². The standard InChI is InChI=1S/C17H25N5O3S/c1-17(2,19)14-9-21-16(13-8-20-15(18)7-12(13)14)25-10-5-11(6-10)26(23,24)22(3)4/h7-11H,5-6,19H2,1-4H3,(H2,18,20)/t10-,11+. The minimum atomic E-state index is -3.25. The number of ether oxygens (including phenoxy) is 1. The Morgan fingerprint density at radius 2 is 1.85 bits per heavy atom. The van der Waals surface area contributed by atoms with E-state index >= 15 is 0 Å². The van der Waals surface area contributed by atoms with Crippen LogP contribution in [0.3, 0.4) is 0 Å². The molecule has 0 aromatic carbocycles. The van der Waals surface area contributed by atoms with E-state index in [9.17, 15) is 8.42 Å². The summed E-state index contributed by atoms with van der Waals surface area (Å²) >= 11 is 0. The second-order valence-corrected chi connectivity index (χ2v) is 9.94. The van der Waals surface area contributed by atoms with E-state index < -0.39 is 20.8 Å². The van der Waals surface area contributed by atoms with Crippen LogP contribution in [0.15, 0.2) is 18.5 Å². The predicted octanol–water partition coefficient (Wildman–Crippen LogP) is 1.21. The first-order valence-corrected chi connectivity index (χ1v) is 9.92. The maximum absolute atomic E-state index is 12.1. The number of hydrogen-bond acceptors (Lipinski definition) is 7. The minimum Gasteiger partial charge on any atom is -0.474 e. The van der Waals surface area contributed by atoms with Crippen LogP contribution in [0.2, 0.25) is 0 Å². The largest absolute Gasteiger partial charge is 0.474 e. The van der Waals surface area contributed by atoms with Crippen molar-refractivity contribution in [3.63, 3.8) is 0 Å². The van der Waals surface area contributed by atoms with Gasteiger partial charge in [-0.25, -0.2) is 22.7 Å². The summed E-state index contributed by atoms with van der Waals surface area (Å²) in [4.78, 5) is 8.54. The number of hydrogen-bond donors (Lipinski definition) is 2. The Balaban J connectivity index is 1.87. The summed E-state index contributed by atoms with van der Waals surface area (Å²) in [5.74, 6) is 0.812. The Kier molecular flexibility index (Phi) is 4.58. The molecule has 3 rings (SSSR count). The molecule has 2 aromatic rings. The van der Waals surface area contributed by atoms with Gasteiger partial charge in [0.25, 0.3) is 0 Å². The molecule has 26 heavy (non-hydrogen) atoms. The topological polar surface area (TPSA) is 124 Å². The molecule has 0 radical (unpaired) electrons. The Bertz CT molecular complexity index is 931. The van der Waals surface area contributed by atoms with E-state index in [-0.39, 0.29) is 6.10 Å². The Hall–Kier alpha value is -1.97. The van der Waals surface area contributed by atoms with Gasteiger partial charge in [-0.05, 0) is 30.9 Å². The van der Waals surface area contributed by atoms with Crippen molar-refractivity contribution >= 4 is 26.6 Å². The van der Waals surface area contributed by atoms with Crippen LogP contribution < -0.4 is 16.2 Å². The molecule has 2 heterocycles. The van der Waals surface area contributed by atoms with Crippen LogP contribution in [-0.2, 0) is 15.6 Å². The second kappa shape index (κ2) is 6.33. The zero-order valence-corrected chi connectivity index (χ0v) is 16.2. The van der Waals surface area contributed by atoms with E-state index in [1.807, 2.05) is 13.8 Å². The number of nitrogens with zero attached hydrogens (tertiary/aromatic N) is 3. The molecule has 0 aliphatic heterocycles. The smallest absolute Gasteiger partial charge is 0.223 e. The molecule has 1 saturated carbocycles. The third kappa shape index (κ3) is 3.34. The van der Waals surface area contributed by atoms with Crippen LogP contribution in [0.5, 0.6) is 5.88 Å². The highest BCUT2D eigenvalue weighted by molar-refractivity contribution is 7.89. The van der Waals surface area contributed by atoms with Crippen molar-refractivity contribution in [3.05, 3.63) is 24.0 Å². The third-order valence-corrected chi connectivity index (χ3v) is 6.96. The highest BCUT2D eigenvalue weighted by atomic mass is 32.2. The fourth-order valence-electron chi connectivity index (χ4n) is 3.05. The third-order valence-electron chi connectivity index (χ3n) is 4.71. The van der Waals surface area contributed by atoms with E-state index in [1.54, 1.807) is 32.6 Å². The zero-order valence-electron chi connectivity index (χ0n) is 15.4. The number of nitrogen functional groups attached to an aromatic ring is 1. The van der Waals surface area contributed by atoms with E-state index in [1.165, 1.54) is 4.31 Å².